The van der Waals surface area contributed by atoms with Gasteiger partial charge in [0, 0.05) is 5.92 Å². The van der Waals surface area contributed by atoms with Gasteiger partial charge in [0.2, 0.25) is 0 Å². The van der Waals surface area contributed by atoms with Crippen LogP contribution in [0.3, 0.4) is 0 Å². The predicted molar refractivity (Wildman–Crippen MR) is 137 cm³/mol. The average Bonchev–Trinajstić information content (AvgIpc) is 3.29. The molecule has 0 unspecified atom stereocenters. The van der Waals surface area contributed by atoms with E-state index in [1.165, 1.54) is 0 Å². The normalized spacial score (nSPS) is 57.9. The minimum atomic E-state index is -1.12. The Balaban J connectivity index is 1.52. The van der Waals surface area contributed by atoms with Crippen molar-refractivity contribution in [2.75, 3.05) is 0 Å². The fraction of sp³-hybridized carbons (Fsp3) is 1.00. The van der Waals surface area contributed by atoms with Crippen LogP contribution in [0.25, 0.3) is 0 Å². The van der Waals surface area contributed by atoms with E-state index in [9.17, 15) is 20.4 Å². The van der Waals surface area contributed by atoms with Crippen LogP contribution in [0.15, 0.2) is 0 Å². The van der Waals surface area contributed by atoms with Crippen molar-refractivity contribution < 1.29 is 25.2 Å². The lowest BCUT2D eigenvalue weighted by molar-refractivity contribution is -0.277. The van der Waals surface area contributed by atoms with Crippen molar-refractivity contribution in [2.24, 2.45) is 39.4 Å². The molecule has 5 aliphatic rings. The highest BCUT2D eigenvalue weighted by molar-refractivity contribution is 5.25. The number of ether oxygens (including phenoxy) is 1. The Hall–Kier alpha value is -0.200. The molecular weight excluding hydrogens is 440 g/mol. The first-order valence-electron chi connectivity index (χ1n) is 14.4. The zero-order chi connectivity index (χ0) is 26.0. The van der Waals surface area contributed by atoms with E-state index in [-0.39, 0.29) is 39.8 Å². The summed E-state index contributed by atoms with van der Waals surface area (Å²) >= 11 is 0. The largest absolute Gasteiger partial charge is 0.393 e. The van der Waals surface area contributed by atoms with Gasteiger partial charge < -0.3 is 25.2 Å². The van der Waals surface area contributed by atoms with Crippen LogP contribution in [0.2, 0.25) is 0 Å². The van der Waals surface area contributed by atoms with Crippen molar-refractivity contribution in [3.05, 3.63) is 0 Å². The maximum absolute atomic E-state index is 12.5. The molecule has 4 N–H and O–H groups in total. The minimum absolute atomic E-state index is 0.00954. The monoisotopic (exact) mass is 492 g/mol. The topological polar surface area (TPSA) is 90.2 Å². The van der Waals surface area contributed by atoms with E-state index in [1.807, 2.05) is 6.92 Å². The highest BCUT2D eigenvalue weighted by Gasteiger charge is 2.75. The summed E-state index contributed by atoms with van der Waals surface area (Å²) in [7, 11) is 0. The first-order valence-corrected chi connectivity index (χ1v) is 14.4. The van der Waals surface area contributed by atoms with Crippen molar-refractivity contribution in [1.29, 1.82) is 0 Å². The number of aliphatic hydroxyl groups excluding tert-OH is 2. The van der Waals surface area contributed by atoms with Crippen molar-refractivity contribution in [1.82, 2.24) is 0 Å². The average molecular weight is 493 g/mol. The summed E-state index contributed by atoms with van der Waals surface area (Å²) in [4.78, 5) is 0. The number of hydrogen-bond acceptors (Lipinski definition) is 5. The van der Waals surface area contributed by atoms with Crippen molar-refractivity contribution in [3.8, 4) is 0 Å². The van der Waals surface area contributed by atoms with Gasteiger partial charge in [0.1, 0.15) is 0 Å². The predicted octanol–water partition coefficient (Wildman–Crippen LogP) is 4.83. The molecule has 5 heteroatoms. The Morgan fingerprint density at radius 2 is 1.43 bits per heavy atom. The number of rotatable bonds is 2. The zero-order valence-corrected chi connectivity index (χ0v) is 23.5. The first kappa shape index (κ1) is 26.4. The summed E-state index contributed by atoms with van der Waals surface area (Å²) in [5.41, 5.74) is -3.08. The van der Waals surface area contributed by atoms with Gasteiger partial charge in [-0.25, -0.2) is 0 Å². The van der Waals surface area contributed by atoms with E-state index in [0.29, 0.717) is 31.1 Å². The van der Waals surface area contributed by atoms with Crippen LogP contribution < -0.4 is 0 Å². The van der Waals surface area contributed by atoms with Crippen LogP contribution in [-0.4, -0.2) is 55.5 Å². The summed E-state index contributed by atoms with van der Waals surface area (Å²) in [6.45, 7) is 17.3. The second kappa shape index (κ2) is 7.46. The fourth-order valence-corrected chi connectivity index (χ4v) is 11.1. The molecule has 35 heavy (non-hydrogen) atoms. The lowest BCUT2D eigenvalue weighted by Crippen LogP contribution is -2.69. The van der Waals surface area contributed by atoms with E-state index in [4.69, 9.17) is 4.74 Å². The maximum Gasteiger partial charge on any atom is 0.0991 e. The summed E-state index contributed by atoms with van der Waals surface area (Å²) in [5, 5.41) is 45.9. The molecule has 0 spiro atoms. The Morgan fingerprint density at radius 1 is 0.771 bits per heavy atom. The van der Waals surface area contributed by atoms with Gasteiger partial charge >= 0.3 is 0 Å². The molecule has 5 nitrogen and oxygen atoms in total. The first-order chi connectivity index (χ1) is 15.9. The van der Waals surface area contributed by atoms with E-state index >= 15 is 0 Å². The van der Waals surface area contributed by atoms with Gasteiger partial charge in [-0.2, -0.15) is 0 Å². The molecule has 0 bridgehead atoms. The zero-order valence-electron chi connectivity index (χ0n) is 23.5. The fourth-order valence-electron chi connectivity index (χ4n) is 11.1. The molecule has 0 aromatic heterocycles. The Morgan fingerprint density at radius 3 is 2.03 bits per heavy atom. The second-order valence-corrected chi connectivity index (χ2v) is 15.6. The molecule has 0 aromatic rings. The van der Waals surface area contributed by atoms with Crippen LogP contribution in [-0.2, 0) is 4.74 Å². The van der Waals surface area contributed by atoms with E-state index in [0.717, 1.165) is 38.5 Å². The molecular formula is C30H52O5. The molecule has 202 valence electrons. The highest BCUT2D eigenvalue weighted by atomic mass is 16.5. The molecule has 1 aliphatic heterocycles. The van der Waals surface area contributed by atoms with Crippen LogP contribution >= 0.6 is 0 Å². The van der Waals surface area contributed by atoms with Gasteiger partial charge in [0.25, 0.3) is 0 Å². The van der Waals surface area contributed by atoms with Crippen LogP contribution in [0.1, 0.15) is 113 Å². The van der Waals surface area contributed by atoms with Crippen LogP contribution in [0.5, 0.6) is 0 Å². The third kappa shape index (κ3) is 3.17. The van der Waals surface area contributed by atoms with Gasteiger partial charge in [-0.3, -0.25) is 0 Å². The molecule has 11 atom stereocenters. The molecule has 4 aliphatic carbocycles. The van der Waals surface area contributed by atoms with E-state index < -0.39 is 22.9 Å². The molecule has 0 amide bonds. The molecule has 5 rings (SSSR count). The summed E-state index contributed by atoms with van der Waals surface area (Å²) in [6.07, 6.45) is 6.50. The lowest BCUT2D eigenvalue weighted by atomic mass is 9.35. The van der Waals surface area contributed by atoms with E-state index in [2.05, 4.69) is 34.6 Å². The number of aliphatic hydroxyl groups is 4. The minimum Gasteiger partial charge on any atom is -0.393 e. The molecule has 4 saturated carbocycles. The van der Waals surface area contributed by atoms with Gasteiger partial charge in [-0.1, -0.05) is 34.6 Å². The third-order valence-corrected chi connectivity index (χ3v) is 13.4. The van der Waals surface area contributed by atoms with Gasteiger partial charge in [0.05, 0.1) is 35.1 Å². The number of fused-ring (bicyclic) bond motifs is 5. The molecule has 1 saturated heterocycles. The Labute approximate surface area is 213 Å². The SMILES string of the molecule is CC(C)(O)[C@@H]1CC[C@](C)([C@@]2(O)CC[C@]3(C)[C@@H]2[C@H](O)C[C@@H]2[C@@]4(C)CC[C@@H](O)C(C)(C)[C@@H]4CC[C@]23C)O1. The van der Waals surface area contributed by atoms with Crippen molar-refractivity contribution in [2.45, 2.75) is 148 Å². The second-order valence-electron chi connectivity index (χ2n) is 15.6. The smallest absolute Gasteiger partial charge is 0.0991 e. The molecule has 5 fully saturated rings. The van der Waals surface area contributed by atoms with E-state index in [1.54, 1.807) is 13.8 Å². The van der Waals surface area contributed by atoms with Crippen molar-refractivity contribution >= 4 is 0 Å². The summed E-state index contributed by atoms with van der Waals surface area (Å²) in [5.74, 6) is 0.553. The van der Waals surface area contributed by atoms with Crippen LogP contribution in [0.4, 0.5) is 0 Å². The maximum atomic E-state index is 12.5. The van der Waals surface area contributed by atoms with Gasteiger partial charge in [-0.15, -0.1) is 0 Å². The lowest BCUT2D eigenvalue weighted by Gasteiger charge is -2.71. The molecule has 0 aromatic carbocycles. The Kier molecular flexibility index (Phi) is 5.63. The highest BCUT2D eigenvalue weighted by Crippen LogP contribution is 2.76. The third-order valence-electron chi connectivity index (χ3n) is 13.4. The van der Waals surface area contributed by atoms with Gasteiger partial charge in [0.15, 0.2) is 0 Å². The Bertz CT molecular complexity index is 865. The molecule has 1 heterocycles. The summed E-state index contributed by atoms with van der Waals surface area (Å²) in [6, 6.07) is 0. The number of hydrogen-bond donors (Lipinski definition) is 4. The quantitative estimate of drug-likeness (QED) is 0.443. The van der Waals surface area contributed by atoms with Crippen LogP contribution in [0, 0.1) is 39.4 Å². The standard InChI is InChI=1S/C30H52O5/c1-24(2)19-9-13-27(6)20(26(19,5)12-10-21(24)32)17-18(31)23-28(27,7)15-16-30(23,34)29(8)14-11-22(35-29)25(3,4)33/h18-23,31-34H,9-17H2,1-8H3/t18-,19+,20-,21-,22+,23+,26+,27-,28-,29-,30-/m1/s1. The summed E-state index contributed by atoms with van der Waals surface area (Å²) < 4.78 is 6.52. The molecule has 0 radical (unpaired) electrons. The van der Waals surface area contributed by atoms with Gasteiger partial charge in [-0.05, 0) is 112 Å². The van der Waals surface area contributed by atoms with Crippen molar-refractivity contribution in [3.63, 3.8) is 0 Å².